The number of rotatable bonds is 7. The van der Waals surface area contributed by atoms with Crippen LogP contribution in [0.3, 0.4) is 0 Å². The Morgan fingerprint density at radius 2 is 2.08 bits per heavy atom. The molecule has 0 bridgehead atoms. The zero-order valence-corrected chi connectivity index (χ0v) is 15.7. The number of methoxy groups -OCH3 is 1. The van der Waals surface area contributed by atoms with E-state index >= 15 is 0 Å². The highest BCUT2D eigenvalue weighted by atomic mass is 79.9. The van der Waals surface area contributed by atoms with Crippen molar-refractivity contribution in [3.05, 3.63) is 52.6 Å². The first-order valence-electron chi connectivity index (χ1n) is 7.68. The molecule has 5 nitrogen and oxygen atoms in total. The van der Waals surface area contributed by atoms with E-state index < -0.39 is 6.61 Å². The molecule has 0 aliphatic rings. The molecule has 0 aliphatic heterocycles. The average Bonchev–Trinajstić information content (AvgIpc) is 2.62. The van der Waals surface area contributed by atoms with Gasteiger partial charge in [-0.25, -0.2) is 4.98 Å². The lowest BCUT2D eigenvalue weighted by atomic mass is 10.2. The minimum absolute atomic E-state index is 0.0692. The number of benzene rings is 1. The molecule has 2 aromatic rings. The first-order chi connectivity index (χ1) is 12.4. The molecule has 0 spiro atoms. The minimum atomic E-state index is -2.94. The molecule has 0 saturated heterocycles. The van der Waals surface area contributed by atoms with Crippen LogP contribution in [0.4, 0.5) is 14.6 Å². The van der Waals surface area contributed by atoms with E-state index in [4.69, 9.17) is 4.74 Å². The summed E-state index contributed by atoms with van der Waals surface area (Å²) in [5.41, 5.74) is 0.608. The second kappa shape index (κ2) is 9.28. The van der Waals surface area contributed by atoms with Crippen LogP contribution in [0.25, 0.3) is 6.08 Å². The van der Waals surface area contributed by atoms with Gasteiger partial charge in [0.15, 0.2) is 11.5 Å². The van der Waals surface area contributed by atoms with Gasteiger partial charge in [0.25, 0.3) is 5.91 Å². The molecule has 1 amide bonds. The van der Waals surface area contributed by atoms with Crippen LogP contribution < -0.4 is 14.4 Å². The van der Waals surface area contributed by atoms with Crippen molar-refractivity contribution >= 4 is 33.7 Å². The van der Waals surface area contributed by atoms with E-state index in [9.17, 15) is 13.6 Å². The quantitative estimate of drug-likeness (QED) is 0.610. The van der Waals surface area contributed by atoms with Crippen molar-refractivity contribution in [3.8, 4) is 11.5 Å². The molecule has 8 heteroatoms. The second-order valence-corrected chi connectivity index (χ2v) is 5.95. The van der Waals surface area contributed by atoms with Crippen LogP contribution in [0, 0.1) is 0 Å². The number of pyridine rings is 1. The molecule has 138 valence electrons. The number of hydrogen-bond donors (Lipinski definition) is 0. The molecule has 2 rings (SSSR count). The van der Waals surface area contributed by atoms with E-state index in [1.54, 1.807) is 30.5 Å². The summed E-state index contributed by atoms with van der Waals surface area (Å²) >= 11 is 3.30. The van der Waals surface area contributed by atoms with Crippen molar-refractivity contribution in [2.45, 2.75) is 13.5 Å². The number of amides is 1. The average molecular weight is 427 g/mol. The minimum Gasteiger partial charge on any atom is -0.493 e. The molecule has 26 heavy (non-hydrogen) atoms. The van der Waals surface area contributed by atoms with Crippen molar-refractivity contribution in [2.75, 3.05) is 18.6 Å². The highest BCUT2D eigenvalue weighted by Gasteiger charge is 2.13. The molecular formula is C18H17BrF2N2O3. The second-order valence-electron chi connectivity index (χ2n) is 5.04. The Kier molecular flexibility index (Phi) is 7.08. The maximum absolute atomic E-state index is 12.4. The van der Waals surface area contributed by atoms with E-state index in [-0.39, 0.29) is 17.4 Å². The number of aromatic nitrogens is 1. The van der Waals surface area contributed by atoms with Gasteiger partial charge in [-0.15, -0.1) is 0 Å². The number of hydrogen-bond acceptors (Lipinski definition) is 4. The first-order valence-corrected chi connectivity index (χ1v) is 8.48. The molecule has 1 heterocycles. The lowest BCUT2D eigenvalue weighted by Crippen LogP contribution is -2.29. The Bertz CT molecular complexity index is 783. The molecule has 1 aromatic heterocycles. The van der Waals surface area contributed by atoms with Gasteiger partial charge in [0, 0.05) is 23.3 Å². The van der Waals surface area contributed by atoms with E-state index in [1.807, 2.05) is 6.92 Å². The van der Waals surface area contributed by atoms with Crippen molar-refractivity contribution in [1.82, 2.24) is 4.98 Å². The molecule has 0 saturated carbocycles. The predicted molar refractivity (Wildman–Crippen MR) is 98.6 cm³/mol. The fourth-order valence-corrected chi connectivity index (χ4v) is 2.43. The number of likely N-dealkylation sites (N-methyl/N-ethyl adjacent to an activating group) is 1. The van der Waals surface area contributed by atoms with Gasteiger partial charge in [-0.3, -0.25) is 9.69 Å². The fraction of sp³-hybridized carbons (Fsp3) is 0.222. The van der Waals surface area contributed by atoms with E-state index in [0.717, 1.165) is 4.47 Å². The number of alkyl halides is 2. The lowest BCUT2D eigenvalue weighted by Gasteiger charge is -2.18. The largest absolute Gasteiger partial charge is 0.493 e. The Morgan fingerprint density at radius 3 is 2.65 bits per heavy atom. The van der Waals surface area contributed by atoms with E-state index in [2.05, 4.69) is 25.7 Å². The van der Waals surface area contributed by atoms with Crippen LogP contribution in [0.5, 0.6) is 11.5 Å². The third kappa shape index (κ3) is 5.26. The van der Waals surface area contributed by atoms with E-state index in [0.29, 0.717) is 17.9 Å². The molecule has 0 unspecified atom stereocenters. The standard InChI is InChI=1S/C18H17BrF2N2O3/c1-3-23(16-8-6-13(19)11-22-16)17(24)9-5-12-4-7-14(26-18(20)21)15(10-12)25-2/h4-11,18H,3H2,1-2H3/b9-5+. The van der Waals surface area contributed by atoms with Crippen LogP contribution in [-0.2, 0) is 4.79 Å². The van der Waals surface area contributed by atoms with Crippen LogP contribution >= 0.6 is 15.9 Å². The summed E-state index contributed by atoms with van der Waals surface area (Å²) in [4.78, 5) is 18.1. The van der Waals surface area contributed by atoms with Gasteiger partial charge in [0.2, 0.25) is 0 Å². The molecular weight excluding hydrogens is 410 g/mol. The van der Waals surface area contributed by atoms with Crippen molar-refractivity contribution in [2.24, 2.45) is 0 Å². The Morgan fingerprint density at radius 1 is 1.31 bits per heavy atom. The third-order valence-corrected chi connectivity index (χ3v) is 3.86. The fourth-order valence-electron chi connectivity index (χ4n) is 2.20. The molecule has 0 atom stereocenters. The number of carbonyl (C=O) groups excluding carboxylic acids is 1. The maximum Gasteiger partial charge on any atom is 0.387 e. The number of ether oxygens (including phenoxy) is 2. The van der Waals surface area contributed by atoms with Gasteiger partial charge in [-0.2, -0.15) is 8.78 Å². The van der Waals surface area contributed by atoms with Crippen molar-refractivity contribution < 1.29 is 23.0 Å². The van der Waals surface area contributed by atoms with E-state index in [1.165, 1.54) is 30.2 Å². The smallest absolute Gasteiger partial charge is 0.387 e. The number of halogens is 3. The molecule has 0 fully saturated rings. The topological polar surface area (TPSA) is 51.7 Å². The van der Waals surface area contributed by atoms with Gasteiger partial charge < -0.3 is 9.47 Å². The molecule has 0 N–H and O–H groups in total. The molecule has 0 radical (unpaired) electrons. The summed E-state index contributed by atoms with van der Waals surface area (Å²) in [6, 6.07) is 7.96. The molecule has 1 aromatic carbocycles. The van der Waals surface area contributed by atoms with Crippen molar-refractivity contribution in [3.63, 3.8) is 0 Å². The van der Waals surface area contributed by atoms with Crippen LogP contribution in [0.2, 0.25) is 0 Å². The highest BCUT2D eigenvalue weighted by molar-refractivity contribution is 9.10. The Balaban J connectivity index is 2.16. The summed E-state index contributed by atoms with van der Waals surface area (Å²) in [5.74, 6) is 0.361. The number of carbonyl (C=O) groups is 1. The zero-order chi connectivity index (χ0) is 19.1. The van der Waals surface area contributed by atoms with Crippen LogP contribution in [0.15, 0.2) is 47.1 Å². The zero-order valence-electron chi connectivity index (χ0n) is 14.2. The summed E-state index contributed by atoms with van der Waals surface area (Å²) in [6.45, 7) is -0.652. The van der Waals surface area contributed by atoms with Gasteiger partial charge in [0.05, 0.1) is 7.11 Å². The van der Waals surface area contributed by atoms with Gasteiger partial charge in [-0.05, 0) is 58.8 Å². The predicted octanol–water partition coefficient (Wildman–Crippen LogP) is 4.52. The van der Waals surface area contributed by atoms with Gasteiger partial charge >= 0.3 is 6.61 Å². The third-order valence-electron chi connectivity index (χ3n) is 3.39. The van der Waals surface area contributed by atoms with Crippen molar-refractivity contribution in [1.29, 1.82) is 0 Å². The highest BCUT2D eigenvalue weighted by Crippen LogP contribution is 2.29. The summed E-state index contributed by atoms with van der Waals surface area (Å²) in [7, 11) is 1.35. The summed E-state index contributed by atoms with van der Waals surface area (Å²) < 4.78 is 34.9. The lowest BCUT2D eigenvalue weighted by molar-refractivity contribution is -0.114. The monoisotopic (exact) mass is 426 g/mol. The number of anilines is 1. The van der Waals surface area contributed by atoms with Crippen LogP contribution in [0.1, 0.15) is 12.5 Å². The van der Waals surface area contributed by atoms with Gasteiger partial charge in [0.1, 0.15) is 5.82 Å². The van der Waals surface area contributed by atoms with Gasteiger partial charge in [-0.1, -0.05) is 6.07 Å². The summed E-state index contributed by atoms with van der Waals surface area (Å²) in [6.07, 6.45) is 4.57. The number of nitrogens with zero attached hydrogens (tertiary/aromatic N) is 2. The Labute approximate surface area is 158 Å². The SMILES string of the molecule is CCN(C(=O)/C=C/c1ccc(OC(F)F)c(OC)c1)c1ccc(Br)cn1. The first kappa shape index (κ1) is 19.8. The Hall–Kier alpha value is -2.48. The van der Waals surface area contributed by atoms with Crippen LogP contribution in [-0.4, -0.2) is 31.2 Å². The maximum atomic E-state index is 12.4. The normalized spacial score (nSPS) is 11.0. The summed E-state index contributed by atoms with van der Waals surface area (Å²) in [5, 5.41) is 0. The molecule has 0 aliphatic carbocycles.